The fourth-order valence-corrected chi connectivity index (χ4v) is 2.12. The zero-order chi connectivity index (χ0) is 15.4. The summed E-state index contributed by atoms with van der Waals surface area (Å²) in [5, 5.41) is 10.4. The van der Waals surface area contributed by atoms with Crippen LogP contribution >= 0.6 is 0 Å². The lowest BCUT2D eigenvalue weighted by Crippen LogP contribution is -2.11. The van der Waals surface area contributed by atoms with Crippen LogP contribution in [0.4, 0.5) is 6.01 Å². The highest BCUT2D eigenvalue weighted by molar-refractivity contribution is 5.88. The van der Waals surface area contributed by atoms with Gasteiger partial charge in [0.15, 0.2) is 11.5 Å². The zero-order valence-electron chi connectivity index (χ0n) is 12.3. The van der Waals surface area contributed by atoms with E-state index in [1.165, 1.54) is 0 Å². The predicted molar refractivity (Wildman–Crippen MR) is 77.8 cm³/mol. The average Bonchev–Trinajstić information content (AvgIpc) is 3.14. The molecular weight excluding hydrogens is 286 g/mol. The third-order valence-corrected chi connectivity index (χ3v) is 3.26. The van der Waals surface area contributed by atoms with E-state index in [-0.39, 0.29) is 18.7 Å². The van der Waals surface area contributed by atoms with Gasteiger partial charge < -0.3 is 13.9 Å². The van der Waals surface area contributed by atoms with Crippen molar-refractivity contribution in [1.29, 1.82) is 0 Å². The maximum atomic E-state index is 11.6. The summed E-state index contributed by atoms with van der Waals surface area (Å²) >= 11 is 0. The Hall–Kier alpha value is -2.57. The Labute approximate surface area is 127 Å². The fourth-order valence-electron chi connectivity index (χ4n) is 2.12. The van der Waals surface area contributed by atoms with Crippen molar-refractivity contribution in [2.24, 2.45) is 0 Å². The third-order valence-electron chi connectivity index (χ3n) is 3.26. The van der Waals surface area contributed by atoms with Crippen LogP contribution in [0.5, 0.6) is 11.5 Å². The van der Waals surface area contributed by atoms with E-state index in [9.17, 15) is 4.79 Å². The summed E-state index contributed by atoms with van der Waals surface area (Å²) in [5.74, 6) is 1.77. The summed E-state index contributed by atoms with van der Waals surface area (Å²) in [6, 6.07) is 5.78. The van der Waals surface area contributed by atoms with Gasteiger partial charge in [0.1, 0.15) is 0 Å². The van der Waals surface area contributed by atoms with Crippen molar-refractivity contribution in [3.63, 3.8) is 0 Å². The second-order valence-electron chi connectivity index (χ2n) is 5.02. The lowest BCUT2D eigenvalue weighted by Gasteiger charge is -2.00. The monoisotopic (exact) mass is 303 g/mol. The highest BCUT2D eigenvalue weighted by Crippen LogP contribution is 2.33. The largest absolute Gasteiger partial charge is 0.454 e. The summed E-state index contributed by atoms with van der Waals surface area (Å²) in [5.41, 5.74) is 0.969. The number of carbonyl (C=O) groups excluding carboxylic acids is 1. The molecule has 0 aliphatic carbocycles. The van der Waals surface area contributed by atoms with Gasteiger partial charge in [-0.15, -0.1) is 5.10 Å². The average molecular weight is 303 g/mol. The van der Waals surface area contributed by atoms with Crippen LogP contribution in [-0.4, -0.2) is 22.9 Å². The second kappa shape index (κ2) is 6.46. The summed E-state index contributed by atoms with van der Waals surface area (Å²) in [4.78, 5) is 11.6. The van der Waals surface area contributed by atoms with Gasteiger partial charge >= 0.3 is 6.01 Å². The Morgan fingerprint density at radius 1 is 1.27 bits per heavy atom. The first kappa shape index (κ1) is 14.4. The zero-order valence-corrected chi connectivity index (χ0v) is 12.3. The van der Waals surface area contributed by atoms with Crippen LogP contribution in [0, 0.1) is 0 Å². The molecule has 3 rings (SSSR count). The molecule has 0 saturated heterocycles. The number of nitrogens with zero attached hydrogens (tertiary/aromatic N) is 2. The first-order valence-corrected chi connectivity index (χ1v) is 7.25. The minimum absolute atomic E-state index is 0.111. The van der Waals surface area contributed by atoms with E-state index in [1.807, 2.05) is 25.1 Å². The molecule has 1 aliphatic heterocycles. The molecule has 0 atom stereocenters. The van der Waals surface area contributed by atoms with Crippen LogP contribution < -0.4 is 14.8 Å². The van der Waals surface area contributed by atoms with E-state index in [1.54, 1.807) is 0 Å². The van der Waals surface area contributed by atoms with Gasteiger partial charge in [0, 0.05) is 6.42 Å². The molecule has 7 heteroatoms. The number of nitrogens with one attached hydrogen (secondary N) is 1. The molecule has 1 N–H and O–H groups in total. The number of aromatic nitrogens is 2. The Balaban J connectivity index is 1.61. The van der Waals surface area contributed by atoms with Gasteiger partial charge in [-0.2, -0.15) is 0 Å². The van der Waals surface area contributed by atoms with Crippen LogP contribution in [0.15, 0.2) is 22.6 Å². The molecule has 0 fully saturated rings. The highest BCUT2D eigenvalue weighted by atomic mass is 16.7. The normalized spacial score (nSPS) is 12.4. The van der Waals surface area contributed by atoms with Gasteiger partial charge in [0.05, 0.1) is 6.42 Å². The van der Waals surface area contributed by atoms with Crippen LogP contribution in [-0.2, 0) is 11.2 Å². The van der Waals surface area contributed by atoms with E-state index in [2.05, 4.69) is 15.5 Å². The van der Waals surface area contributed by atoms with Crippen LogP contribution in [0.3, 0.4) is 0 Å². The molecular formula is C15H17N3O4. The molecule has 0 saturated carbocycles. The van der Waals surface area contributed by atoms with Gasteiger partial charge in [0.25, 0.3) is 0 Å². The highest BCUT2D eigenvalue weighted by Gasteiger charge is 2.15. The Bertz CT molecular complexity index is 669. The molecule has 2 heterocycles. The molecule has 1 aromatic heterocycles. The van der Waals surface area contributed by atoms with Crippen molar-refractivity contribution in [2.75, 3.05) is 12.1 Å². The number of ether oxygens (including phenoxy) is 2. The molecule has 2 aromatic rings. The number of unbranched alkanes of at least 4 members (excludes halogenated alkanes) is 1. The summed E-state index contributed by atoms with van der Waals surface area (Å²) in [6.45, 7) is 2.27. The standard InChI is InChI=1S/C15H17N3O4/c1-2-3-4-13(19)16-15-18-17-14(22-15)8-10-5-6-11-12(7-10)21-9-20-11/h5-7H,2-4,8-9H2,1H3,(H,16,18,19). The molecule has 0 spiro atoms. The van der Waals surface area contributed by atoms with E-state index >= 15 is 0 Å². The van der Waals surface area contributed by atoms with Crippen LogP contribution in [0.25, 0.3) is 0 Å². The molecule has 0 unspecified atom stereocenters. The molecule has 1 aliphatic rings. The Morgan fingerprint density at radius 3 is 3.00 bits per heavy atom. The second-order valence-corrected chi connectivity index (χ2v) is 5.02. The molecule has 0 radical (unpaired) electrons. The van der Waals surface area contributed by atoms with Crippen molar-refractivity contribution in [3.8, 4) is 11.5 Å². The molecule has 1 aromatic carbocycles. The number of anilines is 1. The molecule has 22 heavy (non-hydrogen) atoms. The molecule has 0 bridgehead atoms. The lowest BCUT2D eigenvalue weighted by atomic mass is 10.1. The van der Waals surface area contributed by atoms with Crippen LogP contribution in [0.2, 0.25) is 0 Å². The van der Waals surface area contributed by atoms with Crippen molar-refractivity contribution in [1.82, 2.24) is 10.2 Å². The van der Waals surface area contributed by atoms with Gasteiger partial charge in [-0.1, -0.05) is 24.5 Å². The first-order valence-electron chi connectivity index (χ1n) is 7.25. The number of hydrogen-bond acceptors (Lipinski definition) is 6. The summed E-state index contributed by atoms with van der Waals surface area (Å²) < 4.78 is 16.0. The molecule has 1 amide bonds. The minimum Gasteiger partial charge on any atom is -0.454 e. The number of carbonyl (C=O) groups is 1. The number of fused-ring (bicyclic) bond motifs is 1. The number of hydrogen-bond donors (Lipinski definition) is 1. The van der Waals surface area contributed by atoms with Crippen molar-refractivity contribution in [2.45, 2.75) is 32.6 Å². The molecule has 116 valence electrons. The van der Waals surface area contributed by atoms with E-state index in [0.29, 0.717) is 24.5 Å². The van der Waals surface area contributed by atoms with E-state index < -0.39 is 0 Å². The maximum absolute atomic E-state index is 11.6. The third kappa shape index (κ3) is 3.36. The number of rotatable bonds is 6. The van der Waals surface area contributed by atoms with Crippen molar-refractivity contribution in [3.05, 3.63) is 29.7 Å². The van der Waals surface area contributed by atoms with Gasteiger partial charge in [0.2, 0.25) is 18.6 Å². The summed E-state index contributed by atoms with van der Waals surface area (Å²) in [6.07, 6.45) is 2.72. The van der Waals surface area contributed by atoms with E-state index in [4.69, 9.17) is 13.9 Å². The smallest absolute Gasteiger partial charge is 0.322 e. The summed E-state index contributed by atoms with van der Waals surface area (Å²) in [7, 11) is 0. The number of benzene rings is 1. The van der Waals surface area contributed by atoms with E-state index in [0.717, 1.165) is 24.2 Å². The molecule has 7 nitrogen and oxygen atoms in total. The first-order chi connectivity index (χ1) is 10.7. The SMILES string of the molecule is CCCCC(=O)Nc1nnc(Cc2ccc3c(c2)OCO3)o1. The predicted octanol–water partition coefficient (Wildman–Crippen LogP) is 2.52. The quantitative estimate of drug-likeness (QED) is 0.882. The topological polar surface area (TPSA) is 86.5 Å². The Kier molecular flexibility index (Phi) is 4.22. The van der Waals surface area contributed by atoms with Gasteiger partial charge in [-0.3, -0.25) is 10.1 Å². The lowest BCUT2D eigenvalue weighted by molar-refractivity contribution is -0.116. The van der Waals surface area contributed by atoms with Crippen molar-refractivity contribution < 1.29 is 18.7 Å². The Morgan fingerprint density at radius 2 is 2.14 bits per heavy atom. The van der Waals surface area contributed by atoms with Crippen molar-refractivity contribution >= 4 is 11.9 Å². The number of amides is 1. The van der Waals surface area contributed by atoms with Gasteiger partial charge in [-0.05, 0) is 24.1 Å². The fraction of sp³-hybridized carbons (Fsp3) is 0.400. The minimum atomic E-state index is -0.111. The maximum Gasteiger partial charge on any atom is 0.322 e. The van der Waals surface area contributed by atoms with Crippen LogP contribution in [0.1, 0.15) is 37.6 Å². The van der Waals surface area contributed by atoms with Gasteiger partial charge in [-0.25, -0.2) is 0 Å².